The summed E-state index contributed by atoms with van der Waals surface area (Å²) in [6.45, 7) is 9.46. The molecular formula is C18H34O. The van der Waals surface area contributed by atoms with E-state index in [1.807, 2.05) is 0 Å². The van der Waals surface area contributed by atoms with Crippen molar-refractivity contribution in [1.82, 2.24) is 0 Å². The third-order valence-electron chi connectivity index (χ3n) is 6.16. The van der Waals surface area contributed by atoms with Gasteiger partial charge in [-0.25, -0.2) is 0 Å². The maximum atomic E-state index is 10.4. The molecule has 2 aliphatic rings. The first kappa shape index (κ1) is 15.4. The van der Waals surface area contributed by atoms with Crippen LogP contribution in [-0.4, -0.2) is 11.2 Å². The maximum Gasteiger partial charge on any atom is 0.0571 e. The summed E-state index contributed by atoms with van der Waals surface area (Å²) in [7, 11) is 0. The molecule has 0 radical (unpaired) electrons. The van der Waals surface area contributed by atoms with Crippen LogP contribution in [0.5, 0.6) is 0 Å². The smallest absolute Gasteiger partial charge is 0.0571 e. The van der Waals surface area contributed by atoms with Gasteiger partial charge in [0.15, 0.2) is 0 Å². The SMILES string of the molecule is CCC1CCC(C2CC(C(C)(C)C)CCC2O)CC1. The van der Waals surface area contributed by atoms with E-state index in [2.05, 4.69) is 27.7 Å². The van der Waals surface area contributed by atoms with Gasteiger partial charge in [-0.2, -0.15) is 0 Å². The van der Waals surface area contributed by atoms with Crippen LogP contribution in [0.1, 0.15) is 79.1 Å². The van der Waals surface area contributed by atoms with E-state index in [1.165, 1.54) is 44.9 Å². The molecule has 2 saturated carbocycles. The number of hydrogen-bond donors (Lipinski definition) is 1. The van der Waals surface area contributed by atoms with Crippen molar-refractivity contribution in [1.29, 1.82) is 0 Å². The molecule has 2 aliphatic carbocycles. The van der Waals surface area contributed by atoms with E-state index in [4.69, 9.17) is 0 Å². The lowest BCUT2D eigenvalue weighted by Crippen LogP contribution is -2.39. The fraction of sp³-hybridized carbons (Fsp3) is 1.00. The second-order valence-corrected chi connectivity index (χ2v) is 8.30. The molecule has 0 aromatic rings. The highest BCUT2D eigenvalue weighted by atomic mass is 16.3. The van der Waals surface area contributed by atoms with Crippen molar-refractivity contribution in [3.05, 3.63) is 0 Å². The van der Waals surface area contributed by atoms with Crippen molar-refractivity contribution in [2.75, 3.05) is 0 Å². The van der Waals surface area contributed by atoms with Gasteiger partial charge in [-0.05, 0) is 61.2 Å². The van der Waals surface area contributed by atoms with E-state index in [1.54, 1.807) is 0 Å². The van der Waals surface area contributed by atoms with Gasteiger partial charge < -0.3 is 5.11 Å². The van der Waals surface area contributed by atoms with Crippen LogP contribution in [0, 0.1) is 29.1 Å². The second kappa shape index (κ2) is 6.16. The van der Waals surface area contributed by atoms with Crippen LogP contribution in [0.15, 0.2) is 0 Å². The van der Waals surface area contributed by atoms with Gasteiger partial charge in [0.25, 0.3) is 0 Å². The summed E-state index contributed by atoms with van der Waals surface area (Å²) in [6, 6.07) is 0. The molecule has 0 aromatic carbocycles. The lowest BCUT2D eigenvalue weighted by Gasteiger charge is -2.44. The fourth-order valence-corrected chi connectivity index (χ4v) is 4.51. The van der Waals surface area contributed by atoms with Crippen molar-refractivity contribution in [2.24, 2.45) is 29.1 Å². The van der Waals surface area contributed by atoms with E-state index in [9.17, 15) is 5.11 Å². The summed E-state index contributed by atoms with van der Waals surface area (Å²) in [4.78, 5) is 0. The molecule has 112 valence electrons. The van der Waals surface area contributed by atoms with E-state index >= 15 is 0 Å². The molecule has 1 heteroatoms. The lowest BCUT2D eigenvalue weighted by molar-refractivity contribution is -0.0188. The number of aliphatic hydroxyl groups is 1. The molecule has 19 heavy (non-hydrogen) atoms. The van der Waals surface area contributed by atoms with Gasteiger partial charge in [-0.3, -0.25) is 0 Å². The zero-order valence-corrected chi connectivity index (χ0v) is 13.5. The van der Waals surface area contributed by atoms with Gasteiger partial charge >= 0.3 is 0 Å². The second-order valence-electron chi connectivity index (χ2n) is 8.30. The van der Waals surface area contributed by atoms with E-state index in [0.717, 1.165) is 24.2 Å². The van der Waals surface area contributed by atoms with Crippen molar-refractivity contribution < 1.29 is 5.11 Å². The first-order chi connectivity index (χ1) is 8.91. The molecular weight excluding hydrogens is 232 g/mol. The molecule has 2 rings (SSSR count). The molecule has 0 spiro atoms. The Labute approximate surface area is 120 Å². The molecule has 0 amide bonds. The van der Waals surface area contributed by atoms with Crippen molar-refractivity contribution in [3.63, 3.8) is 0 Å². The van der Waals surface area contributed by atoms with Gasteiger partial charge in [-0.1, -0.05) is 47.0 Å². The summed E-state index contributed by atoms with van der Waals surface area (Å²) < 4.78 is 0. The average Bonchev–Trinajstić information content (AvgIpc) is 2.38. The van der Waals surface area contributed by atoms with Crippen LogP contribution in [0.2, 0.25) is 0 Å². The molecule has 0 aromatic heterocycles. The highest BCUT2D eigenvalue weighted by Gasteiger charge is 2.39. The van der Waals surface area contributed by atoms with Gasteiger partial charge in [-0.15, -0.1) is 0 Å². The van der Waals surface area contributed by atoms with Crippen LogP contribution in [0.4, 0.5) is 0 Å². The van der Waals surface area contributed by atoms with E-state index in [-0.39, 0.29) is 6.10 Å². The average molecular weight is 266 g/mol. The summed E-state index contributed by atoms with van der Waals surface area (Å²) in [5.74, 6) is 3.18. The molecule has 0 saturated heterocycles. The van der Waals surface area contributed by atoms with Crippen molar-refractivity contribution in [2.45, 2.75) is 85.2 Å². The lowest BCUT2D eigenvalue weighted by atomic mass is 9.62. The monoisotopic (exact) mass is 266 g/mol. The largest absolute Gasteiger partial charge is 0.393 e. The Morgan fingerprint density at radius 3 is 2.11 bits per heavy atom. The van der Waals surface area contributed by atoms with Crippen molar-refractivity contribution >= 4 is 0 Å². The predicted molar refractivity (Wildman–Crippen MR) is 82.0 cm³/mol. The van der Waals surface area contributed by atoms with Crippen LogP contribution in [0.25, 0.3) is 0 Å². The number of rotatable bonds is 2. The number of aliphatic hydroxyl groups excluding tert-OH is 1. The fourth-order valence-electron chi connectivity index (χ4n) is 4.51. The number of hydrogen-bond acceptors (Lipinski definition) is 1. The highest BCUT2D eigenvalue weighted by Crippen LogP contribution is 2.46. The standard InChI is InChI=1S/C18H34O/c1-5-13-6-8-14(9-7-13)16-12-15(18(2,3)4)10-11-17(16)19/h13-17,19H,5-12H2,1-4H3. The minimum Gasteiger partial charge on any atom is -0.393 e. The van der Waals surface area contributed by atoms with Gasteiger partial charge in [0.2, 0.25) is 0 Å². The Bertz CT molecular complexity index is 270. The zero-order chi connectivity index (χ0) is 14.0. The Kier molecular flexibility index (Phi) is 4.98. The molecule has 3 atom stereocenters. The molecule has 0 heterocycles. The minimum atomic E-state index is -0.0122. The van der Waals surface area contributed by atoms with Crippen molar-refractivity contribution in [3.8, 4) is 0 Å². The van der Waals surface area contributed by atoms with Gasteiger partial charge in [0.05, 0.1) is 6.10 Å². The quantitative estimate of drug-likeness (QED) is 0.743. The molecule has 1 N–H and O–H groups in total. The third-order valence-corrected chi connectivity index (χ3v) is 6.16. The maximum absolute atomic E-state index is 10.4. The van der Waals surface area contributed by atoms with Gasteiger partial charge in [0, 0.05) is 0 Å². The summed E-state index contributed by atoms with van der Waals surface area (Å²) in [6.07, 6.45) is 10.4. The molecule has 0 aliphatic heterocycles. The Hall–Kier alpha value is -0.0400. The zero-order valence-electron chi connectivity index (χ0n) is 13.5. The molecule has 1 nitrogen and oxygen atoms in total. The summed E-state index contributed by atoms with van der Waals surface area (Å²) >= 11 is 0. The Morgan fingerprint density at radius 1 is 0.947 bits per heavy atom. The molecule has 2 fully saturated rings. The topological polar surface area (TPSA) is 20.2 Å². The highest BCUT2D eigenvalue weighted by molar-refractivity contribution is 4.90. The Balaban J connectivity index is 1.94. The van der Waals surface area contributed by atoms with E-state index in [0.29, 0.717) is 11.3 Å². The van der Waals surface area contributed by atoms with Crippen LogP contribution >= 0.6 is 0 Å². The summed E-state index contributed by atoms with van der Waals surface area (Å²) in [5.41, 5.74) is 0.416. The van der Waals surface area contributed by atoms with Crippen LogP contribution in [-0.2, 0) is 0 Å². The van der Waals surface area contributed by atoms with E-state index < -0.39 is 0 Å². The predicted octanol–water partition coefficient (Wildman–Crippen LogP) is 5.03. The van der Waals surface area contributed by atoms with Crippen LogP contribution < -0.4 is 0 Å². The van der Waals surface area contributed by atoms with Crippen LogP contribution in [0.3, 0.4) is 0 Å². The van der Waals surface area contributed by atoms with Gasteiger partial charge in [0.1, 0.15) is 0 Å². The molecule has 3 unspecified atom stereocenters. The first-order valence-corrected chi connectivity index (χ1v) is 8.59. The minimum absolute atomic E-state index is 0.0122. The third kappa shape index (κ3) is 3.74. The Morgan fingerprint density at radius 2 is 1.58 bits per heavy atom. The molecule has 0 bridgehead atoms. The summed E-state index contributed by atoms with van der Waals surface area (Å²) in [5, 5.41) is 10.4. The normalized spacial score (nSPS) is 41.2. The first-order valence-electron chi connectivity index (χ1n) is 8.59.